The van der Waals surface area contributed by atoms with Crippen molar-refractivity contribution in [3.63, 3.8) is 0 Å². The first-order chi connectivity index (χ1) is 16.9. The van der Waals surface area contributed by atoms with Crippen molar-refractivity contribution in [3.8, 4) is 0 Å². The molecular formula is C28H50O6P+. The second kappa shape index (κ2) is 21.8. The minimum atomic E-state index is -0.624. The highest BCUT2D eigenvalue weighted by Crippen LogP contribution is 2.61. The zero-order valence-electron chi connectivity index (χ0n) is 22.6. The summed E-state index contributed by atoms with van der Waals surface area (Å²) < 4.78 is 9.42. The molecule has 202 valence electrons. The molecule has 0 amide bonds. The molecule has 0 spiro atoms. The zero-order valence-corrected chi connectivity index (χ0v) is 23.5. The van der Waals surface area contributed by atoms with Crippen LogP contribution >= 0.6 is 7.26 Å². The van der Waals surface area contributed by atoms with E-state index in [0.29, 0.717) is 0 Å². The third kappa shape index (κ3) is 15.3. The van der Waals surface area contributed by atoms with E-state index in [1.54, 1.807) is 24.6 Å². The molecule has 0 unspecified atom stereocenters. The zero-order chi connectivity index (χ0) is 26.4. The molecule has 0 aromatic heterocycles. The van der Waals surface area contributed by atoms with Crippen LogP contribution in [-0.2, 0) is 9.47 Å². The molecule has 0 saturated heterocycles. The summed E-state index contributed by atoms with van der Waals surface area (Å²) in [6, 6.07) is 5.83. The van der Waals surface area contributed by atoms with Crippen LogP contribution in [0.2, 0.25) is 0 Å². The Kier molecular flexibility index (Phi) is 20.8. The molecule has 2 N–H and O–H groups in total. The highest BCUT2D eigenvalue weighted by atomic mass is 31.2. The first-order valence-corrected chi connectivity index (χ1v) is 16.0. The van der Waals surface area contributed by atoms with Crippen molar-refractivity contribution in [2.45, 2.75) is 79.1 Å². The lowest BCUT2D eigenvalue weighted by Crippen LogP contribution is -2.12. The summed E-state index contributed by atoms with van der Waals surface area (Å²) in [5, 5.41) is 17.1. The van der Waals surface area contributed by atoms with Crippen LogP contribution in [0.25, 0.3) is 0 Å². The number of ether oxygens (including phenoxy) is 2. The minimum Gasteiger partial charge on any atom is -0.460 e. The van der Waals surface area contributed by atoms with Crippen molar-refractivity contribution >= 4 is 19.2 Å². The summed E-state index contributed by atoms with van der Waals surface area (Å²) >= 11 is 0. The maximum absolute atomic E-state index is 11.5. The van der Waals surface area contributed by atoms with Crippen LogP contribution < -0.4 is 0 Å². The first kappa shape index (κ1) is 33.5. The van der Waals surface area contributed by atoms with Gasteiger partial charge in [-0.15, -0.1) is 0 Å². The van der Waals surface area contributed by atoms with Gasteiger partial charge in [0.1, 0.15) is 13.2 Å². The Morgan fingerprint density at radius 2 is 1.03 bits per heavy atom. The van der Waals surface area contributed by atoms with E-state index in [2.05, 4.69) is 27.7 Å². The van der Waals surface area contributed by atoms with Gasteiger partial charge < -0.3 is 19.7 Å². The lowest BCUT2D eigenvalue weighted by Gasteiger charge is -2.28. The summed E-state index contributed by atoms with van der Waals surface area (Å²) in [4.78, 5) is 22.9. The fourth-order valence-corrected chi connectivity index (χ4v) is 9.15. The second-order valence-corrected chi connectivity index (χ2v) is 13.4. The van der Waals surface area contributed by atoms with Gasteiger partial charge >= 0.3 is 11.9 Å². The minimum absolute atomic E-state index is 0.0992. The van der Waals surface area contributed by atoms with E-state index in [-0.39, 0.29) is 37.6 Å². The normalized spacial score (nSPS) is 10.9. The van der Waals surface area contributed by atoms with Crippen molar-refractivity contribution in [1.82, 2.24) is 0 Å². The Hall–Kier alpha value is -1.49. The van der Waals surface area contributed by atoms with Crippen molar-refractivity contribution in [2.24, 2.45) is 0 Å². The molecule has 0 bridgehead atoms. The van der Waals surface area contributed by atoms with Gasteiger partial charge in [0.15, 0.2) is 0 Å². The van der Waals surface area contributed by atoms with Gasteiger partial charge in [-0.3, -0.25) is 0 Å². The summed E-state index contributed by atoms with van der Waals surface area (Å²) in [7, 11) is -0.562. The Balaban J connectivity index is 0.000000662. The van der Waals surface area contributed by atoms with Crippen molar-refractivity contribution in [3.05, 3.63) is 35.4 Å². The Labute approximate surface area is 214 Å². The smallest absolute Gasteiger partial charge is 0.338 e. The van der Waals surface area contributed by atoms with E-state index in [1.807, 2.05) is 0 Å². The van der Waals surface area contributed by atoms with Crippen molar-refractivity contribution in [1.29, 1.82) is 0 Å². The molecule has 0 heterocycles. The lowest BCUT2D eigenvalue weighted by atomic mass is 10.1. The van der Waals surface area contributed by atoms with Crippen LogP contribution in [0.4, 0.5) is 0 Å². The number of esters is 2. The topological polar surface area (TPSA) is 93.1 Å². The molecule has 1 aromatic carbocycles. The van der Waals surface area contributed by atoms with Gasteiger partial charge in [-0.05, 0) is 43.9 Å². The average Bonchev–Trinajstić information content (AvgIpc) is 2.89. The van der Waals surface area contributed by atoms with E-state index in [0.717, 1.165) is 0 Å². The molecule has 1 rings (SSSR count). The van der Waals surface area contributed by atoms with E-state index in [4.69, 9.17) is 19.7 Å². The standard InChI is InChI=1S/C16H36P.C12H14O6/c1-5-9-13-17(14-10-6-2,15-11-7-3)16-12-8-4;13-4-6-17-11(15)9-2-1-3-10(8-9)12(16)18-7-5-14/h5-16H2,1-4H3;1-3,8,13-14H,4-7H2/q+1;. The van der Waals surface area contributed by atoms with Crippen LogP contribution in [0, 0.1) is 0 Å². The molecule has 0 aliphatic carbocycles. The average molecular weight is 514 g/mol. The van der Waals surface area contributed by atoms with E-state index in [9.17, 15) is 9.59 Å². The number of aliphatic hydroxyl groups excluding tert-OH is 2. The SMILES string of the molecule is CCCC[P+](CCCC)(CCCC)CCCC.O=C(OCCO)c1cccc(C(=O)OCCO)c1. The monoisotopic (exact) mass is 513 g/mol. The summed E-state index contributed by atoms with van der Waals surface area (Å²) in [6.07, 6.45) is 17.9. The number of unbranched alkanes of at least 4 members (excludes halogenated alkanes) is 4. The predicted octanol–water partition coefficient (Wildman–Crippen LogP) is 6.19. The number of hydrogen-bond donors (Lipinski definition) is 2. The number of benzene rings is 1. The molecule has 0 aliphatic rings. The third-order valence-electron chi connectivity index (χ3n) is 5.93. The van der Waals surface area contributed by atoms with Gasteiger partial charge in [-0.1, -0.05) is 59.4 Å². The Bertz CT molecular complexity index is 606. The van der Waals surface area contributed by atoms with Crippen LogP contribution in [0.5, 0.6) is 0 Å². The van der Waals surface area contributed by atoms with Crippen LogP contribution in [0.15, 0.2) is 24.3 Å². The fraction of sp³-hybridized carbons (Fsp3) is 0.714. The first-order valence-electron chi connectivity index (χ1n) is 13.4. The molecule has 0 saturated carbocycles. The fourth-order valence-electron chi connectivity index (χ4n) is 3.86. The summed E-state index contributed by atoms with van der Waals surface area (Å²) in [6.45, 7) is 8.70. The molecule has 0 aliphatic heterocycles. The van der Waals surface area contributed by atoms with E-state index < -0.39 is 19.2 Å². The lowest BCUT2D eigenvalue weighted by molar-refractivity contribution is 0.0430. The number of aliphatic hydroxyl groups is 2. The molecule has 1 aromatic rings. The molecular weight excluding hydrogens is 463 g/mol. The quantitative estimate of drug-likeness (QED) is 0.180. The molecule has 0 fully saturated rings. The Morgan fingerprint density at radius 1 is 0.686 bits per heavy atom. The largest absolute Gasteiger partial charge is 0.460 e. The van der Waals surface area contributed by atoms with Gasteiger partial charge in [0, 0.05) is 7.26 Å². The molecule has 6 nitrogen and oxygen atoms in total. The number of carbonyl (C=O) groups is 2. The molecule has 35 heavy (non-hydrogen) atoms. The maximum atomic E-state index is 11.5. The van der Waals surface area contributed by atoms with Crippen LogP contribution in [0.1, 0.15) is 99.8 Å². The highest BCUT2D eigenvalue weighted by Gasteiger charge is 2.34. The third-order valence-corrected chi connectivity index (χ3v) is 11.0. The number of carbonyl (C=O) groups excluding carboxylic acids is 2. The molecule has 0 atom stereocenters. The van der Waals surface area contributed by atoms with Crippen LogP contribution in [0.3, 0.4) is 0 Å². The number of rotatable bonds is 18. The van der Waals surface area contributed by atoms with E-state index in [1.165, 1.54) is 75.6 Å². The van der Waals surface area contributed by atoms with Crippen molar-refractivity contribution in [2.75, 3.05) is 51.1 Å². The number of hydrogen-bond acceptors (Lipinski definition) is 6. The molecule has 0 radical (unpaired) electrons. The van der Waals surface area contributed by atoms with Crippen molar-refractivity contribution < 1.29 is 29.3 Å². The highest BCUT2D eigenvalue weighted by molar-refractivity contribution is 7.75. The van der Waals surface area contributed by atoms with Gasteiger partial charge in [0.25, 0.3) is 0 Å². The summed E-state index contributed by atoms with van der Waals surface area (Å²) in [5.41, 5.74) is 0.392. The van der Waals surface area contributed by atoms with Gasteiger partial charge in [0.2, 0.25) is 0 Å². The van der Waals surface area contributed by atoms with Gasteiger partial charge in [-0.2, -0.15) is 0 Å². The van der Waals surface area contributed by atoms with Gasteiger partial charge in [-0.25, -0.2) is 9.59 Å². The Morgan fingerprint density at radius 3 is 1.31 bits per heavy atom. The second-order valence-electron chi connectivity index (χ2n) is 8.95. The van der Waals surface area contributed by atoms with Crippen LogP contribution in [-0.4, -0.2) is 73.2 Å². The summed E-state index contributed by atoms with van der Waals surface area (Å²) in [5.74, 6) is -1.25. The van der Waals surface area contributed by atoms with Gasteiger partial charge in [0.05, 0.1) is 49.0 Å². The molecule has 7 heteroatoms. The van der Waals surface area contributed by atoms with E-state index >= 15 is 0 Å². The predicted molar refractivity (Wildman–Crippen MR) is 147 cm³/mol. The maximum Gasteiger partial charge on any atom is 0.338 e.